The summed E-state index contributed by atoms with van der Waals surface area (Å²) in [5.74, 6) is 1.60. The van der Waals surface area contributed by atoms with E-state index in [2.05, 4.69) is 12.2 Å². The molecule has 0 fully saturated rings. The van der Waals surface area contributed by atoms with E-state index in [9.17, 15) is 5.11 Å². The second kappa shape index (κ2) is 8.12. The van der Waals surface area contributed by atoms with Crippen LogP contribution in [-0.2, 0) is 6.54 Å². The predicted molar refractivity (Wildman–Crippen MR) is 81.4 cm³/mol. The third-order valence-corrected chi connectivity index (χ3v) is 2.99. The zero-order valence-corrected chi connectivity index (χ0v) is 13.0. The summed E-state index contributed by atoms with van der Waals surface area (Å²) in [6.07, 6.45) is 1.69. The molecule has 114 valence electrons. The molecule has 4 nitrogen and oxygen atoms in total. The minimum Gasteiger partial charge on any atom is -0.497 e. The fourth-order valence-electron chi connectivity index (χ4n) is 1.75. The maximum Gasteiger partial charge on any atom is 0.127 e. The van der Waals surface area contributed by atoms with Gasteiger partial charge in [0, 0.05) is 24.6 Å². The summed E-state index contributed by atoms with van der Waals surface area (Å²) in [7, 11) is 1.64. The number of methoxy groups -OCH3 is 1. The Hall–Kier alpha value is -1.26. The summed E-state index contributed by atoms with van der Waals surface area (Å²) in [5.41, 5.74) is 0.398. The van der Waals surface area contributed by atoms with E-state index in [1.54, 1.807) is 21.0 Å². The zero-order valence-electron chi connectivity index (χ0n) is 13.0. The standard InChI is InChI=1S/C16H27NO3/c1-5-9-17-12-13-6-7-14(19-4)11-15(13)20-10-8-16(2,3)18/h6-7,11,17-18H,5,8-10,12H2,1-4H3. The van der Waals surface area contributed by atoms with Crippen molar-refractivity contribution in [2.75, 3.05) is 20.3 Å². The topological polar surface area (TPSA) is 50.7 Å². The average molecular weight is 281 g/mol. The minimum absolute atomic E-state index is 0.484. The molecule has 0 bridgehead atoms. The molecule has 0 aromatic heterocycles. The lowest BCUT2D eigenvalue weighted by Gasteiger charge is -2.18. The molecule has 0 saturated carbocycles. The van der Waals surface area contributed by atoms with Gasteiger partial charge in [-0.25, -0.2) is 0 Å². The van der Waals surface area contributed by atoms with Gasteiger partial charge in [0.05, 0.1) is 19.3 Å². The highest BCUT2D eigenvalue weighted by atomic mass is 16.5. The van der Waals surface area contributed by atoms with Gasteiger partial charge < -0.3 is 19.9 Å². The fourth-order valence-corrected chi connectivity index (χ4v) is 1.75. The van der Waals surface area contributed by atoms with Gasteiger partial charge in [-0.2, -0.15) is 0 Å². The molecule has 0 radical (unpaired) electrons. The van der Waals surface area contributed by atoms with Crippen LogP contribution < -0.4 is 14.8 Å². The largest absolute Gasteiger partial charge is 0.497 e. The monoisotopic (exact) mass is 281 g/mol. The van der Waals surface area contributed by atoms with Gasteiger partial charge in [0.15, 0.2) is 0 Å². The van der Waals surface area contributed by atoms with E-state index in [1.165, 1.54) is 0 Å². The first kappa shape index (κ1) is 16.8. The third-order valence-electron chi connectivity index (χ3n) is 2.99. The van der Waals surface area contributed by atoms with Gasteiger partial charge in [0.1, 0.15) is 11.5 Å². The molecule has 2 N–H and O–H groups in total. The number of ether oxygens (including phenoxy) is 2. The summed E-state index contributed by atoms with van der Waals surface area (Å²) in [6, 6.07) is 5.85. The van der Waals surface area contributed by atoms with E-state index in [1.807, 2.05) is 18.2 Å². The Labute approximate surface area is 122 Å². The molecular weight excluding hydrogens is 254 g/mol. The van der Waals surface area contributed by atoms with E-state index in [4.69, 9.17) is 9.47 Å². The molecule has 0 spiro atoms. The molecule has 1 aromatic carbocycles. The molecule has 0 aliphatic carbocycles. The van der Waals surface area contributed by atoms with E-state index in [0.717, 1.165) is 36.6 Å². The van der Waals surface area contributed by atoms with Crippen molar-refractivity contribution in [3.05, 3.63) is 23.8 Å². The Morgan fingerprint density at radius 1 is 1.30 bits per heavy atom. The van der Waals surface area contributed by atoms with Crippen LogP contribution in [0.4, 0.5) is 0 Å². The van der Waals surface area contributed by atoms with Crippen molar-refractivity contribution in [3.8, 4) is 11.5 Å². The van der Waals surface area contributed by atoms with Crippen LogP contribution in [0.25, 0.3) is 0 Å². The molecule has 0 amide bonds. The predicted octanol–water partition coefficient (Wildman–Crippen LogP) is 2.73. The van der Waals surface area contributed by atoms with E-state index >= 15 is 0 Å². The number of hydrogen-bond acceptors (Lipinski definition) is 4. The Balaban J connectivity index is 2.68. The molecule has 20 heavy (non-hydrogen) atoms. The molecular formula is C16H27NO3. The van der Waals surface area contributed by atoms with E-state index in [0.29, 0.717) is 13.0 Å². The second-order valence-electron chi connectivity index (χ2n) is 5.56. The average Bonchev–Trinajstić information content (AvgIpc) is 2.39. The summed E-state index contributed by atoms with van der Waals surface area (Å²) < 4.78 is 11.0. The van der Waals surface area contributed by atoms with Crippen LogP contribution in [0.2, 0.25) is 0 Å². The van der Waals surface area contributed by atoms with Gasteiger partial charge in [-0.3, -0.25) is 0 Å². The first-order valence-electron chi connectivity index (χ1n) is 7.19. The second-order valence-corrected chi connectivity index (χ2v) is 5.56. The van der Waals surface area contributed by atoms with Crippen LogP contribution in [0.5, 0.6) is 11.5 Å². The number of nitrogens with one attached hydrogen (secondary N) is 1. The summed E-state index contributed by atoms with van der Waals surface area (Å²) in [4.78, 5) is 0. The molecule has 0 atom stereocenters. The van der Waals surface area contributed by atoms with Crippen LogP contribution in [0.1, 0.15) is 39.2 Å². The molecule has 0 aliphatic heterocycles. The fraction of sp³-hybridized carbons (Fsp3) is 0.625. The van der Waals surface area contributed by atoms with Gasteiger partial charge in [-0.15, -0.1) is 0 Å². The van der Waals surface area contributed by atoms with Crippen molar-refractivity contribution < 1.29 is 14.6 Å². The van der Waals surface area contributed by atoms with Gasteiger partial charge in [0.25, 0.3) is 0 Å². The maximum atomic E-state index is 9.72. The van der Waals surface area contributed by atoms with Crippen molar-refractivity contribution in [2.24, 2.45) is 0 Å². The highest BCUT2D eigenvalue weighted by molar-refractivity contribution is 5.40. The maximum absolute atomic E-state index is 9.72. The number of benzene rings is 1. The van der Waals surface area contributed by atoms with Crippen molar-refractivity contribution in [2.45, 2.75) is 45.8 Å². The van der Waals surface area contributed by atoms with E-state index in [-0.39, 0.29) is 0 Å². The van der Waals surface area contributed by atoms with Gasteiger partial charge >= 0.3 is 0 Å². The first-order valence-corrected chi connectivity index (χ1v) is 7.19. The SMILES string of the molecule is CCCNCc1ccc(OC)cc1OCCC(C)(C)O. The molecule has 0 saturated heterocycles. The quantitative estimate of drug-likeness (QED) is 0.683. The van der Waals surface area contributed by atoms with Crippen LogP contribution in [0.3, 0.4) is 0 Å². The van der Waals surface area contributed by atoms with Gasteiger partial charge in [-0.05, 0) is 32.9 Å². The lowest BCUT2D eigenvalue weighted by Crippen LogP contribution is -2.22. The summed E-state index contributed by atoms with van der Waals surface area (Å²) >= 11 is 0. The smallest absolute Gasteiger partial charge is 0.127 e. The van der Waals surface area contributed by atoms with Crippen molar-refractivity contribution in [1.82, 2.24) is 5.32 Å². The van der Waals surface area contributed by atoms with Gasteiger partial charge in [-0.1, -0.05) is 13.0 Å². The number of aliphatic hydroxyl groups is 1. The third kappa shape index (κ3) is 6.26. The van der Waals surface area contributed by atoms with E-state index < -0.39 is 5.60 Å². The highest BCUT2D eigenvalue weighted by Gasteiger charge is 2.13. The minimum atomic E-state index is -0.709. The normalized spacial score (nSPS) is 11.4. The molecule has 0 heterocycles. The van der Waals surface area contributed by atoms with Crippen LogP contribution in [0.15, 0.2) is 18.2 Å². The highest BCUT2D eigenvalue weighted by Crippen LogP contribution is 2.25. The summed E-state index contributed by atoms with van der Waals surface area (Å²) in [5, 5.41) is 13.1. The number of rotatable bonds is 9. The van der Waals surface area contributed by atoms with Crippen molar-refractivity contribution in [1.29, 1.82) is 0 Å². The van der Waals surface area contributed by atoms with Crippen molar-refractivity contribution >= 4 is 0 Å². The Kier molecular flexibility index (Phi) is 6.82. The molecule has 0 unspecified atom stereocenters. The van der Waals surface area contributed by atoms with Crippen LogP contribution in [-0.4, -0.2) is 31.0 Å². The molecule has 1 aromatic rings. The Morgan fingerprint density at radius 2 is 2.05 bits per heavy atom. The zero-order chi connectivity index (χ0) is 15.0. The van der Waals surface area contributed by atoms with Crippen molar-refractivity contribution in [3.63, 3.8) is 0 Å². The lowest BCUT2D eigenvalue weighted by molar-refractivity contribution is 0.0551. The Morgan fingerprint density at radius 3 is 2.65 bits per heavy atom. The summed E-state index contributed by atoms with van der Waals surface area (Å²) in [6.45, 7) is 7.95. The Bertz CT molecular complexity index is 399. The number of hydrogen-bond donors (Lipinski definition) is 2. The van der Waals surface area contributed by atoms with Crippen LogP contribution in [0, 0.1) is 0 Å². The van der Waals surface area contributed by atoms with Crippen LogP contribution >= 0.6 is 0 Å². The molecule has 1 rings (SSSR count). The first-order chi connectivity index (χ1) is 9.46. The molecule has 4 heteroatoms. The van der Waals surface area contributed by atoms with Gasteiger partial charge in [0.2, 0.25) is 0 Å². The lowest BCUT2D eigenvalue weighted by atomic mass is 10.1. The molecule has 0 aliphatic rings.